The summed E-state index contributed by atoms with van der Waals surface area (Å²) in [5, 5.41) is 9.68. The molecule has 0 radical (unpaired) electrons. The summed E-state index contributed by atoms with van der Waals surface area (Å²) in [6, 6.07) is 2.86. The first-order valence-corrected chi connectivity index (χ1v) is 7.00. The number of halogens is 2. The second-order valence-electron chi connectivity index (χ2n) is 3.99. The summed E-state index contributed by atoms with van der Waals surface area (Å²) in [4.78, 5) is 3.91. The van der Waals surface area contributed by atoms with Gasteiger partial charge in [-0.05, 0) is 35.7 Å². The highest BCUT2D eigenvalue weighted by molar-refractivity contribution is 7.07. The Balaban J connectivity index is 2.00. The molecule has 0 aliphatic heterocycles. The summed E-state index contributed by atoms with van der Waals surface area (Å²) in [6.07, 6.45) is 0.776. The zero-order chi connectivity index (χ0) is 13.7. The normalized spacial score (nSPS) is 10.5. The zero-order valence-electron chi connectivity index (χ0n) is 10.5. The maximum absolute atomic E-state index is 13.5. The van der Waals surface area contributed by atoms with E-state index in [0.717, 1.165) is 12.5 Å². The van der Waals surface area contributed by atoms with E-state index in [0.29, 0.717) is 13.1 Å². The van der Waals surface area contributed by atoms with Crippen LogP contribution in [0.25, 0.3) is 0 Å². The summed E-state index contributed by atoms with van der Waals surface area (Å²) >= 11 is 1.62. The quantitative estimate of drug-likeness (QED) is 0.852. The summed E-state index contributed by atoms with van der Waals surface area (Å²) in [5.41, 5.74) is 1.19. The highest BCUT2D eigenvalue weighted by atomic mass is 32.1. The van der Waals surface area contributed by atoms with Gasteiger partial charge < -0.3 is 10.6 Å². The van der Waals surface area contributed by atoms with E-state index < -0.39 is 11.6 Å². The van der Waals surface area contributed by atoms with Crippen molar-refractivity contribution in [1.82, 2.24) is 4.98 Å². The highest BCUT2D eigenvalue weighted by Gasteiger charge is 2.10. The Hall–Kier alpha value is -1.69. The maximum atomic E-state index is 13.5. The molecule has 2 aromatic heterocycles. The van der Waals surface area contributed by atoms with Crippen LogP contribution in [-0.2, 0) is 6.42 Å². The van der Waals surface area contributed by atoms with Crippen molar-refractivity contribution in [2.24, 2.45) is 0 Å². The number of pyridine rings is 1. The average molecular weight is 283 g/mol. The van der Waals surface area contributed by atoms with E-state index in [2.05, 4.69) is 15.6 Å². The van der Waals surface area contributed by atoms with Crippen LogP contribution in [-0.4, -0.2) is 18.1 Å². The van der Waals surface area contributed by atoms with Crippen LogP contribution in [0.5, 0.6) is 0 Å². The summed E-state index contributed by atoms with van der Waals surface area (Å²) < 4.78 is 26.9. The molecule has 0 aliphatic carbocycles. The van der Waals surface area contributed by atoms with Crippen molar-refractivity contribution in [3.8, 4) is 0 Å². The molecule has 102 valence electrons. The van der Waals surface area contributed by atoms with Crippen molar-refractivity contribution >= 4 is 23.0 Å². The van der Waals surface area contributed by atoms with Gasteiger partial charge in [-0.2, -0.15) is 11.3 Å². The van der Waals surface area contributed by atoms with Crippen LogP contribution in [0.2, 0.25) is 0 Å². The number of hydrogen-bond donors (Lipinski definition) is 2. The zero-order valence-corrected chi connectivity index (χ0v) is 11.4. The number of hydrogen-bond acceptors (Lipinski definition) is 4. The van der Waals surface area contributed by atoms with Gasteiger partial charge in [0.2, 0.25) is 0 Å². The average Bonchev–Trinajstić information content (AvgIpc) is 2.88. The van der Waals surface area contributed by atoms with Gasteiger partial charge in [0.05, 0.1) is 0 Å². The van der Waals surface area contributed by atoms with Crippen molar-refractivity contribution in [2.75, 3.05) is 23.7 Å². The Kier molecular flexibility index (Phi) is 4.68. The number of aromatic nitrogens is 1. The lowest BCUT2D eigenvalue weighted by atomic mass is 10.2. The third kappa shape index (κ3) is 3.64. The first-order valence-electron chi connectivity index (χ1n) is 6.05. The topological polar surface area (TPSA) is 37.0 Å². The molecule has 2 rings (SSSR count). The predicted octanol–water partition coefficient (Wildman–Crippen LogP) is 3.51. The van der Waals surface area contributed by atoms with E-state index in [1.807, 2.05) is 23.8 Å². The van der Waals surface area contributed by atoms with Crippen molar-refractivity contribution in [2.45, 2.75) is 13.3 Å². The molecule has 2 aromatic rings. The van der Waals surface area contributed by atoms with Gasteiger partial charge in [0.1, 0.15) is 0 Å². The Morgan fingerprint density at radius 3 is 2.58 bits per heavy atom. The second-order valence-corrected chi connectivity index (χ2v) is 4.77. The number of thiophene rings is 1. The van der Waals surface area contributed by atoms with E-state index in [1.165, 1.54) is 5.56 Å². The molecule has 0 saturated carbocycles. The van der Waals surface area contributed by atoms with Crippen LogP contribution >= 0.6 is 11.3 Å². The monoisotopic (exact) mass is 283 g/mol. The highest BCUT2D eigenvalue weighted by Crippen LogP contribution is 2.19. The third-order valence-electron chi connectivity index (χ3n) is 2.56. The Morgan fingerprint density at radius 1 is 1.21 bits per heavy atom. The minimum Gasteiger partial charge on any atom is -0.368 e. The lowest BCUT2D eigenvalue weighted by Gasteiger charge is -2.10. The van der Waals surface area contributed by atoms with E-state index >= 15 is 0 Å². The second kappa shape index (κ2) is 6.47. The molecule has 0 bridgehead atoms. The molecule has 2 heterocycles. The minimum atomic E-state index is -0.678. The van der Waals surface area contributed by atoms with E-state index in [4.69, 9.17) is 0 Å². The van der Waals surface area contributed by atoms with Gasteiger partial charge in [-0.15, -0.1) is 0 Å². The van der Waals surface area contributed by atoms with Gasteiger partial charge in [0.25, 0.3) is 0 Å². The Bertz CT molecular complexity index is 529. The molecule has 0 aromatic carbocycles. The van der Waals surface area contributed by atoms with Gasteiger partial charge >= 0.3 is 0 Å². The smallest absolute Gasteiger partial charge is 0.168 e. The Morgan fingerprint density at radius 2 is 1.95 bits per heavy atom. The Labute approximate surface area is 114 Å². The third-order valence-corrected chi connectivity index (χ3v) is 3.29. The molecular formula is C13H15F2N3S. The fourth-order valence-corrected chi connectivity index (χ4v) is 2.35. The van der Waals surface area contributed by atoms with Crippen LogP contribution in [0, 0.1) is 11.6 Å². The molecule has 19 heavy (non-hydrogen) atoms. The SMILES string of the molecule is CCNc1nc(NCCc2ccsc2)c(F)cc1F. The lowest BCUT2D eigenvalue weighted by molar-refractivity contribution is 0.578. The van der Waals surface area contributed by atoms with E-state index in [9.17, 15) is 8.78 Å². The van der Waals surface area contributed by atoms with Gasteiger partial charge in [0, 0.05) is 19.2 Å². The molecule has 0 atom stereocenters. The number of rotatable bonds is 6. The van der Waals surface area contributed by atoms with Crippen LogP contribution in [0.3, 0.4) is 0 Å². The molecule has 0 saturated heterocycles. The van der Waals surface area contributed by atoms with Crippen molar-refractivity contribution < 1.29 is 8.78 Å². The summed E-state index contributed by atoms with van der Waals surface area (Å²) in [5.74, 6) is -1.21. The molecule has 0 unspecified atom stereocenters. The molecular weight excluding hydrogens is 268 g/mol. The van der Waals surface area contributed by atoms with Gasteiger partial charge in [-0.3, -0.25) is 0 Å². The summed E-state index contributed by atoms with van der Waals surface area (Å²) in [6.45, 7) is 2.91. The van der Waals surface area contributed by atoms with Gasteiger partial charge in [0.15, 0.2) is 23.3 Å². The fraction of sp³-hybridized carbons (Fsp3) is 0.308. The van der Waals surface area contributed by atoms with E-state index in [-0.39, 0.29) is 11.6 Å². The number of anilines is 2. The standard InChI is InChI=1S/C13H15F2N3S/c1-2-16-12-10(14)7-11(15)13(18-12)17-5-3-9-4-6-19-8-9/h4,6-8H,2-3,5H2,1H3,(H2,16,17,18). The minimum absolute atomic E-state index is 0.0712. The predicted molar refractivity (Wildman–Crippen MR) is 74.8 cm³/mol. The van der Waals surface area contributed by atoms with Crippen LogP contribution in [0.4, 0.5) is 20.4 Å². The molecule has 0 spiro atoms. The van der Waals surface area contributed by atoms with Gasteiger partial charge in [-0.25, -0.2) is 13.8 Å². The van der Waals surface area contributed by atoms with Crippen LogP contribution < -0.4 is 10.6 Å². The molecule has 0 fully saturated rings. The maximum Gasteiger partial charge on any atom is 0.168 e. The molecule has 6 heteroatoms. The van der Waals surface area contributed by atoms with Crippen LogP contribution in [0.15, 0.2) is 22.9 Å². The molecule has 3 nitrogen and oxygen atoms in total. The van der Waals surface area contributed by atoms with Gasteiger partial charge in [-0.1, -0.05) is 0 Å². The molecule has 0 aliphatic rings. The number of nitrogens with zero attached hydrogens (tertiary/aromatic N) is 1. The molecule has 2 N–H and O–H groups in total. The largest absolute Gasteiger partial charge is 0.368 e. The van der Waals surface area contributed by atoms with Crippen LogP contribution in [0.1, 0.15) is 12.5 Å². The van der Waals surface area contributed by atoms with Crippen molar-refractivity contribution in [3.63, 3.8) is 0 Å². The van der Waals surface area contributed by atoms with Crippen molar-refractivity contribution in [1.29, 1.82) is 0 Å². The lowest BCUT2D eigenvalue weighted by Crippen LogP contribution is -2.11. The van der Waals surface area contributed by atoms with E-state index in [1.54, 1.807) is 11.3 Å². The summed E-state index contributed by atoms with van der Waals surface area (Å²) in [7, 11) is 0. The first-order chi connectivity index (χ1) is 9.20. The molecule has 0 amide bonds. The fourth-order valence-electron chi connectivity index (χ4n) is 1.64. The first kappa shape index (κ1) is 13.7. The van der Waals surface area contributed by atoms with Crippen molar-refractivity contribution in [3.05, 3.63) is 40.1 Å². The number of nitrogens with one attached hydrogen (secondary N) is 2.